The third-order valence-corrected chi connectivity index (χ3v) is 6.42. The van der Waals surface area contributed by atoms with E-state index in [0.29, 0.717) is 34.8 Å². The van der Waals surface area contributed by atoms with Crippen LogP contribution in [0.5, 0.6) is 11.5 Å². The average Bonchev–Trinajstić information content (AvgIpc) is 2.82. The predicted octanol–water partition coefficient (Wildman–Crippen LogP) is 3.18. The minimum Gasteiger partial charge on any atom is -0.493 e. The number of aromatic nitrogens is 2. The number of carbonyl (C=O) groups excluding carboxylic acids is 1. The third kappa shape index (κ3) is 3.59. The summed E-state index contributed by atoms with van der Waals surface area (Å²) >= 11 is 0. The highest BCUT2D eigenvalue weighted by atomic mass is 19.1. The molecule has 2 heterocycles. The number of ketones is 1. The molecule has 9 heteroatoms. The van der Waals surface area contributed by atoms with Gasteiger partial charge in [-0.2, -0.15) is 0 Å². The van der Waals surface area contributed by atoms with Crippen molar-refractivity contribution in [1.29, 1.82) is 0 Å². The fourth-order valence-electron chi connectivity index (χ4n) is 4.88. The number of allylic oxidation sites excluding steroid dienone is 2. The van der Waals surface area contributed by atoms with Gasteiger partial charge in [0.1, 0.15) is 11.6 Å². The molecule has 2 atom stereocenters. The van der Waals surface area contributed by atoms with Crippen LogP contribution in [-0.4, -0.2) is 30.0 Å². The van der Waals surface area contributed by atoms with Gasteiger partial charge in [0.05, 0.1) is 19.8 Å². The van der Waals surface area contributed by atoms with Crippen LogP contribution < -0.4 is 26.0 Å². The lowest BCUT2D eigenvalue weighted by Gasteiger charge is -2.35. The normalized spacial score (nSPS) is 19.2. The molecular formula is C25H22FN3O5. The molecule has 0 saturated carbocycles. The zero-order valence-corrected chi connectivity index (χ0v) is 18.5. The van der Waals surface area contributed by atoms with E-state index >= 15 is 0 Å². The fraction of sp³-hybridized carbons (Fsp3) is 0.240. The first-order chi connectivity index (χ1) is 16.4. The van der Waals surface area contributed by atoms with Crippen molar-refractivity contribution in [1.82, 2.24) is 9.97 Å². The number of ether oxygens (including phenoxy) is 2. The number of aromatic amines is 2. The Morgan fingerprint density at radius 1 is 0.882 bits per heavy atom. The topological polar surface area (TPSA) is 113 Å². The summed E-state index contributed by atoms with van der Waals surface area (Å²) in [6.07, 6.45) is 0.701. The molecule has 0 bridgehead atoms. The van der Waals surface area contributed by atoms with E-state index in [1.807, 2.05) is 12.1 Å². The lowest BCUT2D eigenvalue weighted by molar-refractivity contribution is -0.116. The van der Waals surface area contributed by atoms with Crippen LogP contribution in [0.2, 0.25) is 0 Å². The zero-order chi connectivity index (χ0) is 24.0. The number of benzene rings is 2. The van der Waals surface area contributed by atoms with E-state index in [1.54, 1.807) is 32.4 Å². The molecule has 3 aromatic rings. The third-order valence-electron chi connectivity index (χ3n) is 6.42. The van der Waals surface area contributed by atoms with E-state index in [-0.39, 0.29) is 29.5 Å². The smallest absolute Gasteiger partial charge is 0.327 e. The summed E-state index contributed by atoms with van der Waals surface area (Å²) < 4.78 is 24.3. The Hall–Kier alpha value is -4.14. The molecule has 3 N–H and O–H groups in total. The highest BCUT2D eigenvalue weighted by molar-refractivity contribution is 6.01. The number of Topliss-reactive ketones (excluding diaryl/α,β-unsaturated/α-hetero) is 1. The molecule has 0 radical (unpaired) electrons. The Kier molecular flexibility index (Phi) is 5.31. The summed E-state index contributed by atoms with van der Waals surface area (Å²) in [5.41, 5.74) is 1.55. The van der Waals surface area contributed by atoms with Gasteiger partial charge in [0, 0.05) is 23.6 Å². The van der Waals surface area contributed by atoms with Crippen LogP contribution in [0.1, 0.15) is 41.4 Å². The molecule has 174 valence electrons. The average molecular weight is 463 g/mol. The molecule has 1 aliphatic carbocycles. The van der Waals surface area contributed by atoms with Crippen LogP contribution >= 0.6 is 0 Å². The number of carbonyl (C=O) groups is 1. The maximum absolute atomic E-state index is 13.6. The number of rotatable bonds is 4. The van der Waals surface area contributed by atoms with Crippen LogP contribution in [0.15, 0.2) is 63.3 Å². The number of halogens is 1. The second kappa shape index (κ2) is 8.33. The molecule has 0 fully saturated rings. The number of anilines is 1. The Morgan fingerprint density at radius 2 is 1.59 bits per heavy atom. The molecule has 2 aromatic carbocycles. The van der Waals surface area contributed by atoms with Gasteiger partial charge in [-0.05, 0) is 47.7 Å². The van der Waals surface area contributed by atoms with Crippen LogP contribution in [0, 0.1) is 5.82 Å². The predicted molar refractivity (Wildman–Crippen MR) is 123 cm³/mol. The molecule has 0 spiro atoms. The van der Waals surface area contributed by atoms with Crippen LogP contribution in [0.4, 0.5) is 10.2 Å². The van der Waals surface area contributed by atoms with Crippen LogP contribution in [-0.2, 0) is 4.79 Å². The summed E-state index contributed by atoms with van der Waals surface area (Å²) in [6.45, 7) is 0. The van der Waals surface area contributed by atoms with Gasteiger partial charge in [0.2, 0.25) is 0 Å². The quantitative estimate of drug-likeness (QED) is 0.548. The van der Waals surface area contributed by atoms with Crippen molar-refractivity contribution in [2.75, 3.05) is 19.5 Å². The van der Waals surface area contributed by atoms with Crippen LogP contribution in [0.3, 0.4) is 0 Å². The first-order valence-electron chi connectivity index (χ1n) is 10.8. The van der Waals surface area contributed by atoms with Gasteiger partial charge < -0.3 is 14.8 Å². The molecule has 1 aromatic heterocycles. The van der Waals surface area contributed by atoms with Crippen molar-refractivity contribution in [2.45, 2.75) is 24.7 Å². The molecule has 34 heavy (non-hydrogen) atoms. The summed E-state index contributed by atoms with van der Waals surface area (Å²) in [7, 11) is 3.11. The van der Waals surface area contributed by atoms with Crippen molar-refractivity contribution in [3.63, 3.8) is 0 Å². The zero-order valence-electron chi connectivity index (χ0n) is 18.5. The summed E-state index contributed by atoms with van der Waals surface area (Å²) in [5, 5.41) is 3.13. The van der Waals surface area contributed by atoms with Crippen LogP contribution in [0.25, 0.3) is 0 Å². The van der Waals surface area contributed by atoms with E-state index in [2.05, 4.69) is 15.3 Å². The standard InChI is InChI=1S/C25H22FN3O5/c1-33-18-8-5-13(11-19(18)34-2)14-9-16-21(17(30)10-14)20(12-3-6-15(26)7-4-12)22-23(27-16)28-25(32)29-24(22)31/h3-8,11,14,20H,9-10H2,1-2H3,(H3,27,28,29,31,32)/t14-,20+/m0/s1. The van der Waals surface area contributed by atoms with Crippen molar-refractivity contribution in [3.8, 4) is 11.5 Å². The Bertz CT molecular complexity index is 1440. The Labute approximate surface area is 193 Å². The van der Waals surface area contributed by atoms with Crippen molar-refractivity contribution < 1.29 is 18.7 Å². The van der Waals surface area contributed by atoms with E-state index in [0.717, 1.165) is 5.56 Å². The first-order valence-corrected chi connectivity index (χ1v) is 10.8. The van der Waals surface area contributed by atoms with E-state index in [9.17, 15) is 18.8 Å². The molecule has 8 nitrogen and oxygen atoms in total. The van der Waals surface area contributed by atoms with Crippen molar-refractivity contribution >= 4 is 11.6 Å². The maximum atomic E-state index is 13.6. The number of H-pyrrole nitrogens is 2. The van der Waals surface area contributed by atoms with Gasteiger partial charge in [-0.15, -0.1) is 0 Å². The SMILES string of the molecule is COc1ccc([C@@H]2CC(=O)C3=C(C2)Nc2[nH]c(=O)[nH]c(=O)c2[C@@H]3c2ccc(F)cc2)cc1OC. The maximum Gasteiger partial charge on any atom is 0.327 e. The number of hydrogen-bond donors (Lipinski definition) is 3. The summed E-state index contributed by atoms with van der Waals surface area (Å²) in [6, 6.07) is 11.2. The van der Waals surface area contributed by atoms with Crippen molar-refractivity contribution in [3.05, 3.63) is 97.1 Å². The lowest BCUT2D eigenvalue weighted by Crippen LogP contribution is -2.37. The minimum absolute atomic E-state index is 0.126. The van der Waals surface area contributed by atoms with Crippen molar-refractivity contribution in [2.24, 2.45) is 0 Å². The molecular weight excluding hydrogens is 441 g/mol. The molecule has 0 amide bonds. The number of nitrogens with one attached hydrogen (secondary N) is 3. The fourth-order valence-corrected chi connectivity index (χ4v) is 4.88. The monoisotopic (exact) mass is 463 g/mol. The van der Waals surface area contributed by atoms with Gasteiger partial charge >= 0.3 is 5.69 Å². The Balaban J connectivity index is 1.63. The van der Waals surface area contributed by atoms with Gasteiger partial charge in [-0.25, -0.2) is 9.18 Å². The number of methoxy groups -OCH3 is 2. The lowest BCUT2D eigenvalue weighted by atomic mass is 9.72. The first kappa shape index (κ1) is 21.7. The minimum atomic E-state index is -0.730. The Morgan fingerprint density at radius 3 is 2.29 bits per heavy atom. The number of hydrogen-bond acceptors (Lipinski definition) is 6. The second-order valence-corrected chi connectivity index (χ2v) is 8.34. The second-order valence-electron chi connectivity index (χ2n) is 8.34. The molecule has 5 rings (SSSR count). The molecule has 1 aliphatic heterocycles. The largest absolute Gasteiger partial charge is 0.493 e. The van der Waals surface area contributed by atoms with Gasteiger partial charge in [0.15, 0.2) is 17.3 Å². The van der Waals surface area contributed by atoms with Gasteiger partial charge in [-0.3, -0.25) is 19.6 Å². The van der Waals surface area contributed by atoms with E-state index in [4.69, 9.17) is 9.47 Å². The van der Waals surface area contributed by atoms with E-state index < -0.39 is 23.0 Å². The molecule has 0 unspecified atom stereocenters. The highest BCUT2D eigenvalue weighted by Crippen LogP contribution is 2.46. The van der Waals surface area contributed by atoms with Gasteiger partial charge in [-0.1, -0.05) is 18.2 Å². The number of fused-ring (bicyclic) bond motifs is 1. The summed E-state index contributed by atoms with van der Waals surface area (Å²) in [5.74, 6) is -0.0397. The van der Waals surface area contributed by atoms with Gasteiger partial charge in [0.25, 0.3) is 5.56 Å². The molecule has 0 saturated heterocycles. The summed E-state index contributed by atoms with van der Waals surface area (Å²) in [4.78, 5) is 43.2. The highest BCUT2D eigenvalue weighted by Gasteiger charge is 2.40. The molecule has 2 aliphatic rings. The van der Waals surface area contributed by atoms with E-state index in [1.165, 1.54) is 12.1 Å².